The van der Waals surface area contributed by atoms with E-state index in [2.05, 4.69) is 9.83 Å². The van der Waals surface area contributed by atoms with E-state index < -0.39 is 5.97 Å². The third kappa shape index (κ3) is 0.967. The Bertz CT molecular complexity index is 299. The zero-order chi connectivity index (χ0) is 7.56. The largest absolute Gasteiger partial charge is 0.478 e. The van der Waals surface area contributed by atoms with Crippen molar-refractivity contribution in [1.82, 2.24) is 4.98 Å². The molecule has 0 saturated carbocycles. The van der Waals surface area contributed by atoms with Gasteiger partial charge in [0, 0.05) is 0 Å². The zero-order valence-electron chi connectivity index (χ0n) is 4.74. The normalized spacial score (nSPS) is 8.70. The van der Waals surface area contributed by atoms with Gasteiger partial charge in [0.2, 0.25) is 0 Å². The third-order valence-corrected chi connectivity index (χ3v) is 1.65. The van der Waals surface area contributed by atoms with Gasteiger partial charge in [-0.25, -0.2) is 4.79 Å². The topological polar surface area (TPSA) is 54.5 Å². The van der Waals surface area contributed by atoms with Crippen LogP contribution in [0.5, 0.6) is 0 Å². The van der Waals surface area contributed by atoms with Crippen LogP contribution in [-0.2, 0) is 0 Å². The van der Waals surface area contributed by atoms with Crippen LogP contribution in [0.3, 0.4) is 0 Å². The summed E-state index contributed by atoms with van der Waals surface area (Å²) in [6.07, 6.45) is 0. The highest BCUT2D eigenvalue weighted by molar-refractivity contribution is 7.12. The number of aromatic carboxylic acids is 1. The number of aromatic nitrogens is 1. The van der Waals surface area contributed by atoms with Crippen molar-refractivity contribution in [3.63, 3.8) is 0 Å². The van der Waals surface area contributed by atoms with Gasteiger partial charge < -0.3 is 9.95 Å². The quantitative estimate of drug-likeness (QED) is 0.622. The average molecular weight is 154 g/mol. The van der Waals surface area contributed by atoms with Crippen LogP contribution in [0.2, 0.25) is 0 Å². The lowest BCUT2D eigenvalue weighted by atomic mass is 10.5. The van der Waals surface area contributed by atoms with Crippen LogP contribution in [0.15, 0.2) is 5.51 Å². The van der Waals surface area contributed by atoms with Crippen molar-refractivity contribution in [1.29, 1.82) is 0 Å². The second kappa shape index (κ2) is 2.45. The van der Waals surface area contributed by atoms with E-state index in [4.69, 9.17) is 11.7 Å². The summed E-state index contributed by atoms with van der Waals surface area (Å²) in [6.45, 7) is 6.50. The molecule has 4 nitrogen and oxygen atoms in total. The lowest BCUT2D eigenvalue weighted by molar-refractivity contribution is 0.0703. The maximum Gasteiger partial charge on any atom is 0.337 e. The van der Waals surface area contributed by atoms with Crippen LogP contribution in [-0.4, -0.2) is 16.1 Å². The third-order valence-electron chi connectivity index (χ3n) is 0.849. The Balaban J connectivity index is 3.17. The molecule has 1 heterocycles. The number of nitrogens with zero attached hydrogens (tertiary/aromatic N) is 2. The van der Waals surface area contributed by atoms with E-state index in [-0.39, 0.29) is 10.7 Å². The minimum atomic E-state index is -1.09. The molecule has 1 aromatic rings. The Morgan fingerprint density at radius 2 is 2.60 bits per heavy atom. The summed E-state index contributed by atoms with van der Waals surface area (Å²) in [5.41, 5.74) is 1.34. The highest BCUT2D eigenvalue weighted by atomic mass is 32.1. The predicted molar refractivity (Wildman–Crippen MR) is 35.3 cm³/mol. The van der Waals surface area contributed by atoms with E-state index in [0.29, 0.717) is 0 Å². The van der Waals surface area contributed by atoms with Crippen molar-refractivity contribution in [2.24, 2.45) is 0 Å². The Kier molecular flexibility index (Phi) is 1.65. The fraction of sp³-hybridized carbons (Fsp3) is 0. The molecule has 0 saturated heterocycles. The Morgan fingerprint density at radius 1 is 1.90 bits per heavy atom. The number of carboxylic acid groups (broad SMARTS) is 1. The molecule has 50 valence electrons. The smallest absolute Gasteiger partial charge is 0.337 e. The summed E-state index contributed by atoms with van der Waals surface area (Å²) in [4.78, 5) is 16.7. The van der Waals surface area contributed by atoms with Gasteiger partial charge in [0.15, 0.2) is 5.51 Å². The number of rotatable bonds is 1. The van der Waals surface area contributed by atoms with Crippen molar-refractivity contribution in [2.75, 3.05) is 0 Å². The maximum absolute atomic E-state index is 10.3. The molecule has 1 aromatic heterocycles. The fourth-order valence-electron chi connectivity index (χ4n) is 0.466. The minimum Gasteiger partial charge on any atom is -0.478 e. The molecule has 1 rings (SSSR count). The molecule has 0 aliphatic carbocycles. The fourth-order valence-corrected chi connectivity index (χ4v) is 1.03. The molecule has 0 aliphatic heterocycles. The molecule has 0 amide bonds. The summed E-state index contributed by atoms with van der Waals surface area (Å²) < 4.78 is 0. The van der Waals surface area contributed by atoms with Gasteiger partial charge in [-0.2, -0.15) is 0 Å². The molecule has 0 fully saturated rings. The summed E-state index contributed by atoms with van der Waals surface area (Å²) >= 11 is 0.958. The highest BCUT2D eigenvalue weighted by Crippen LogP contribution is 2.20. The van der Waals surface area contributed by atoms with Crippen molar-refractivity contribution in [3.8, 4) is 0 Å². The average Bonchev–Trinajstić information content (AvgIpc) is 2.33. The summed E-state index contributed by atoms with van der Waals surface area (Å²) in [5, 5.41) is 8.41. The molecule has 0 atom stereocenters. The van der Waals surface area contributed by atoms with Gasteiger partial charge >= 0.3 is 5.97 Å². The van der Waals surface area contributed by atoms with Gasteiger partial charge in [0.05, 0.1) is 0 Å². The first kappa shape index (κ1) is 6.71. The zero-order valence-corrected chi connectivity index (χ0v) is 5.55. The molecule has 10 heavy (non-hydrogen) atoms. The Morgan fingerprint density at radius 3 is 3.00 bits per heavy atom. The lowest BCUT2D eigenvalue weighted by Crippen LogP contribution is -1.90. The molecule has 5 heteroatoms. The van der Waals surface area contributed by atoms with Gasteiger partial charge in [-0.1, -0.05) is 6.57 Å². The van der Waals surface area contributed by atoms with Crippen LogP contribution in [0.4, 0.5) is 5.82 Å². The van der Waals surface area contributed by atoms with Gasteiger partial charge in [-0.3, -0.25) is 0 Å². The van der Waals surface area contributed by atoms with Crippen LogP contribution in [0, 0.1) is 6.57 Å². The predicted octanol–water partition coefficient (Wildman–Crippen LogP) is 1.39. The van der Waals surface area contributed by atoms with Gasteiger partial charge in [-0.05, 0) is 0 Å². The molecule has 0 aliphatic rings. The van der Waals surface area contributed by atoms with E-state index in [0.717, 1.165) is 11.3 Å². The van der Waals surface area contributed by atoms with Crippen LogP contribution in [0.25, 0.3) is 4.85 Å². The van der Waals surface area contributed by atoms with Crippen molar-refractivity contribution in [2.45, 2.75) is 0 Å². The monoisotopic (exact) mass is 154 g/mol. The summed E-state index contributed by atoms with van der Waals surface area (Å²) in [6, 6.07) is 0. The molecular formula is C5H2N2O2S. The maximum atomic E-state index is 10.3. The molecular weight excluding hydrogens is 152 g/mol. The SMILES string of the molecule is [C-]#[N+]c1ncsc1C(=O)O. The second-order valence-corrected chi connectivity index (χ2v) is 2.28. The highest BCUT2D eigenvalue weighted by Gasteiger charge is 2.12. The summed E-state index contributed by atoms with van der Waals surface area (Å²) in [5.74, 6) is -1.12. The van der Waals surface area contributed by atoms with E-state index in [9.17, 15) is 4.79 Å². The number of carboxylic acids is 1. The molecule has 0 radical (unpaired) electrons. The van der Waals surface area contributed by atoms with Crippen molar-refractivity contribution in [3.05, 3.63) is 21.8 Å². The molecule has 0 unspecified atom stereocenters. The minimum absolute atomic E-state index is 0.00926. The summed E-state index contributed by atoms with van der Waals surface area (Å²) in [7, 11) is 0. The van der Waals surface area contributed by atoms with Crippen LogP contribution >= 0.6 is 11.3 Å². The number of hydrogen-bond acceptors (Lipinski definition) is 3. The second-order valence-electron chi connectivity index (χ2n) is 1.42. The number of thiazole rings is 1. The standard InChI is InChI=1S/C5H2N2O2S/c1-6-4-3(5(8)9)10-2-7-4/h2H,(H,8,9). The molecule has 0 spiro atoms. The number of carbonyl (C=O) groups is 1. The Hall–Kier alpha value is -1.41. The molecule has 1 N–H and O–H groups in total. The van der Waals surface area contributed by atoms with Crippen molar-refractivity contribution >= 4 is 23.1 Å². The van der Waals surface area contributed by atoms with Crippen molar-refractivity contribution < 1.29 is 9.90 Å². The van der Waals surface area contributed by atoms with E-state index in [1.165, 1.54) is 5.51 Å². The van der Waals surface area contributed by atoms with E-state index in [1.54, 1.807) is 0 Å². The van der Waals surface area contributed by atoms with Crippen LogP contribution < -0.4 is 0 Å². The van der Waals surface area contributed by atoms with Gasteiger partial charge in [0.25, 0.3) is 5.82 Å². The Labute approximate surface area is 60.6 Å². The lowest BCUT2D eigenvalue weighted by Gasteiger charge is -1.83. The van der Waals surface area contributed by atoms with Gasteiger partial charge in [-0.15, -0.1) is 16.3 Å². The first-order valence-electron chi connectivity index (χ1n) is 2.30. The van der Waals surface area contributed by atoms with Gasteiger partial charge in [0.1, 0.15) is 4.88 Å². The first-order chi connectivity index (χ1) is 4.75. The first-order valence-corrected chi connectivity index (χ1v) is 3.18. The molecule has 0 bridgehead atoms. The molecule has 0 aromatic carbocycles. The van der Waals surface area contributed by atoms with E-state index >= 15 is 0 Å². The number of hydrogen-bond donors (Lipinski definition) is 1. The van der Waals surface area contributed by atoms with E-state index in [1.807, 2.05) is 0 Å². The van der Waals surface area contributed by atoms with Crippen LogP contribution in [0.1, 0.15) is 9.67 Å².